The molecular weight excluding hydrogens is 306 g/mol. The molecule has 1 aliphatic heterocycles. The van der Waals surface area contributed by atoms with Gasteiger partial charge < -0.3 is 10.1 Å². The molecule has 1 fully saturated rings. The maximum Gasteiger partial charge on any atom is 0.253 e. The lowest BCUT2D eigenvalue weighted by molar-refractivity contribution is -0.124. The zero-order valence-electron chi connectivity index (χ0n) is 10.4. The maximum atomic E-state index is 12.0. The monoisotopic (exact) mass is 319 g/mol. The number of ether oxygens (including phenoxy) is 1. The molecular formula is C15H14BrNO2. The smallest absolute Gasteiger partial charge is 0.253 e. The van der Waals surface area contributed by atoms with E-state index in [4.69, 9.17) is 4.74 Å². The van der Waals surface area contributed by atoms with Gasteiger partial charge in [-0.15, -0.1) is 0 Å². The first-order chi connectivity index (χ1) is 9.22. The number of anilines is 1. The third kappa shape index (κ3) is 2.80. The Labute approximate surface area is 120 Å². The van der Waals surface area contributed by atoms with Gasteiger partial charge in [0.1, 0.15) is 6.10 Å². The molecule has 1 heterocycles. The molecule has 1 atom stereocenters. The highest BCUT2D eigenvalue weighted by Gasteiger charge is 2.23. The molecule has 4 heteroatoms. The van der Waals surface area contributed by atoms with E-state index in [0.29, 0.717) is 6.61 Å². The number of rotatable bonds is 2. The fourth-order valence-corrected chi connectivity index (χ4v) is 2.68. The molecule has 0 bridgehead atoms. The summed E-state index contributed by atoms with van der Waals surface area (Å²) >= 11 is 3.45. The Bertz CT molecular complexity index is 621. The Balaban J connectivity index is 1.81. The number of nitrogens with one attached hydrogen (secondary N) is 1. The Morgan fingerprint density at radius 2 is 2.00 bits per heavy atom. The van der Waals surface area contributed by atoms with Crippen LogP contribution in [0.25, 0.3) is 10.8 Å². The van der Waals surface area contributed by atoms with E-state index in [1.54, 1.807) is 0 Å². The highest BCUT2D eigenvalue weighted by atomic mass is 79.9. The predicted molar refractivity (Wildman–Crippen MR) is 79.3 cm³/mol. The summed E-state index contributed by atoms with van der Waals surface area (Å²) < 4.78 is 6.42. The quantitative estimate of drug-likeness (QED) is 0.916. The standard InChI is InChI=1S/C15H14BrNO2/c16-12-5-3-11-9-13(6-4-10(11)8-12)17-15(18)14-2-1-7-19-14/h3-6,8-9,14H,1-2,7H2,(H,17,18)/t14-/m0/s1. The molecule has 98 valence electrons. The molecule has 3 nitrogen and oxygen atoms in total. The van der Waals surface area contributed by atoms with Crippen molar-refractivity contribution in [2.75, 3.05) is 11.9 Å². The number of amides is 1. The first kappa shape index (κ1) is 12.6. The number of carbonyl (C=O) groups excluding carboxylic acids is 1. The van der Waals surface area contributed by atoms with Crippen LogP contribution in [0.3, 0.4) is 0 Å². The minimum Gasteiger partial charge on any atom is -0.368 e. The summed E-state index contributed by atoms with van der Waals surface area (Å²) in [5.74, 6) is -0.0473. The van der Waals surface area contributed by atoms with Crippen molar-refractivity contribution >= 4 is 38.3 Å². The van der Waals surface area contributed by atoms with Crippen molar-refractivity contribution in [3.63, 3.8) is 0 Å². The van der Waals surface area contributed by atoms with Gasteiger partial charge in [0.05, 0.1) is 0 Å². The molecule has 0 unspecified atom stereocenters. The molecule has 0 radical (unpaired) electrons. The fourth-order valence-electron chi connectivity index (χ4n) is 2.30. The topological polar surface area (TPSA) is 38.3 Å². The molecule has 2 aromatic carbocycles. The fraction of sp³-hybridized carbons (Fsp3) is 0.267. The number of hydrogen-bond donors (Lipinski definition) is 1. The van der Waals surface area contributed by atoms with Crippen molar-refractivity contribution in [3.05, 3.63) is 40.9 Å². The summed E-state index contributed by atoms with van der Waals surface area (Å²) in [4.78, 5) is 12.0. The van der Waals surface area contributed by atoms with E-state index < -0.39 is 0 Å². The van der Waals surface area contributed by atoms with Crippen LogP contribution >= 0.6 is 15.9 Å². The summed E-state index contributed by atoms with van der Waals surface area (Å²) in [5, 5.41) is 5.16. The summed E-state index contributed by atoms with van der Waals surface area (Å²) in [6.07, 6.45) is 1.48. The second kappa shape index (κ2) is 5.31. The van der Waals surface area contributed by atoms with Gasteiger partial charge in [-0.1, -0.05) is 28.1 Å². The third-order valence-corrected chi connectivity index (χ3v) is 3.79. The highest BCUT2D eigenvalue weighted by Crippen LogP contribution is 2.23. The summed E-state index contributed by atoms with van der Waals surface area (Å²) in [6, 6.07) is 12.0. The van der Waals surface area contributed by atoms with Crippen LogP contribution in [0.1, 0.15) is 12.8 Å². The Morgan fingerprint density at radius 3 is 2.79 bits per heavy atom. The molecule has 1 aliphatic rings. The van der Waals surface area contributed by atoms with E-state index in [2.05, 4.69) is 27.3 Å². The van der Waals surface area contributed by atoms with E-state index >= 15 is 0 Å². The number of carbonyl (C=O) groups is 1. The van der Waals surface area contributed by atoms with Gasteiger partial charge in [-0.05, 0) is 47.9 Å². The van der Waals surface area contributed by atoms with Crippen molar-refractivity contribution in [1.82, 2.24) is 0 Å². The van der Waals surface area contributed by atoms with Gasteiger partial charge in [0.25, 0.3) is 5.91 Å². The largest absolute Gasteiger partial charge is 0.368 e. The van der Waals surface area contributed by atoms with E-state index in [9.17, 15) is 4.79 Å². The number of fused-ring (bicyclic) bond motifs is 1. The lowest BCUT2D eigenvalue weighted by Gasteiger charge is -2.11. The van der Waals surface area contributed by atoms with E-state index in [-0.39, 0.29) is 12.0 Å². The third-order valence-electron chi connectivity index (χ3n) is 3.29. The molecule has 1 N–H and O–H groups in total. The van der Waals surface area contributed by atoms with E-state index in [1.807, 2.05) is 30.3 Å². The van der Waals surface area contributed by atoms with Gasteiger partial charge in [0.15, 0.2) is 0 Å². The Morgan fingerprint density at radius 1 is 1.21 bits per heavy atom. The molecule has 2 aromatic rings. The second-order valence-corrected chi connectivity index (χ2v) is 5.61. The number of benzene rings is 2. The average molecular weight is 320 g/mol. The van der Waals surface area contributed by atoms with Gasteiger partial charge in [-0.25, -0.2) is 0 Å². The van der Waals surface area contributed by atoms with Crippen LogP contribution < -0.4 is 5.32 Å². The molecule has 3 rings (SSSR count). The van der Waals surface area contributed by atoms with Crippen molar-refractivity contribution < 1.29 is 9.53 Å². The molecule has 0 spiro atoms. The van der Waals surface area contributed by atoms with Crippen molar-refractivity contribution in [2.45, 2.75) is 18.9 Å². The molecule has 0 saturated carbocycles. The minimum absolute atomic E-state index is 0.0473. The van der Waals surface area contributed by atoms with Crippen LogP contribution in [0.5, 0.6) is 0 Å². The Kier molecular flexibility index (Phi) is 3.53. The van der Waals surface area contributed by atoms with Gasteiger partial charge in [-0.2, -0.15) is 0 Å². The summed E-state index contributed by atoms with van der Waals surface area (Å²) in [6.45, 7) is 0.684. The second-order valence-electron chi connectivity index (χ2n) is 4.70. The lowest BCUT2D eigenvalue weighted by Crippen LogP contribution is -2.26. The molecule has 1 amide bonds. The SMILES string of the molecule is O=C(Nc1ccc2cc(Br)ccc2c1)[C@@H]1CCCO1. The molecule has 0 aliphatic carbocycles. The zero-order valence-corrected chi connectivity index (χ0v) is 11.9. The van der Waals surface area contributed by atoms with Crippen LogP contribution in [-0.4, -0.2) is 18.6 Å². The highest BCUT2D eigenvalue weighted by molar-refractivity contribution is 9.10. The van der Waals surface area contributed by atoms with Crippen molar-refractivity contribution in [2.24, 2.45) is 0 Å². The molecule has 1 saturated heterocycles. The Hall–Kier alpha value is -1.39. The first-order valence-electron chi connectivity index (χ1n) is 6.34. The van der Waals surface area contributed by atoms with Crippen LogP contribution in [0.4, 0.5) is 5.69 Å². The van der Waals surface area contributed by atoms with Crippen LogP contribution in [-0.2, 0) is 9.53 Å². The molecule has 19 heavy (non-hydrogen) atoms. The summed E-state index contributed by atoms with van der Waals surface area (Å²) in [5.41, 5.74) is 0.815. The van der Waals surface area contributed by atoms with Crippen LogP contribution in [0.2, 0.25) is 0 Å². The van der Waals surface area contributed by atoms with Crippen molar-refractivity contribution in [1.29, 1.82) is 0 Å². The zero-order chi connectivity index (χ0) is 13.2. The normalized spacial score (nSPS) is 18.7. The lowest BCUT2D eigenvalue weighted by atomic mass is 10.1. The van der Waals surface area contributed by atoms with Crippen LogP contribution in [0.15, 0.2) is 40.9 Å². The first-order valence-corrected chi connectivity index (χ1v) is 7.13. The maximum absolute atomic E-state index is 12.0. The van der Waals surface area contributed by atoms with Gasteiger partial charge >= 0.3 is 0 Å². The summed E-state index contributed by atoms with van der Waals surface area (Å²) in [7, 11) is 0. The van der Waals surface area contributed by atoms with Gasteiger partial charge in [0, 0.05) is 16.8 Å². The van der Waals surface area contributed by atoms with Gasteiger partial charge in [-0.3, -0.25) is 4.79 Å². The predicted octanol–water partition coefficient (Wildman–Crippen LogP) is 3.72. The molecule has 0 aromatic heterocycles. The van der Waals surface area contributed by atoms with Crippen molar-refractivity contribution in [3.8, 4) is 0 Å². The number of halogens is 1. The average Bonchev–Trinajstić information content (AvgIpc) is 2.93. The van der Waals surface area contributed by atoms with Gasteiger partial charge in [0.2, 0.25) is 0 Å². The van der Waals surface area contributed by atoms with Crippen LogP contribution in [0, 0.1) is 0 Å². The van der Waals surface area contributed by atoms with E-state index in [1.165, 1.54) is 0 Å². The van der Waals surface area contributed by atoms with E-state index in [0.717, 1.165) is 33.8 Å². The number of hydrogen-bond acceptors (Lipinski definition) is 2. The minimum atomic E-state index is -0.291.